The van der Waals surface area contributed by atoms with Crippen LogP contribution in [0.1, 0.15) is 42.1 Å². The number of rotatable bonds is 7. The number of halogens is 2. The van der Waals surface area contributed by atoms with Gasteiger partial charge in [0.15, 0.2) is 6.10 Å². The van der Waals surface area contributed by atoms with Crippen LogP contribution in [0.4, 0.5) is 4.39 Å². The van der Waals surface area contributed by atoms with Crippen molar-refractivity contribution in [3.05, 3.63) is 70.5 Å². The second-order valence-electron chi connectivity index (χ2n) is 5.93. The van der Waals surface area contributed by atoms with Crippen molar-refractivity contribution in [2.75, 3.05) is 6.54 Å². The van der Waals surface area contributed by atoms with E-state index in [1.165, 1.54) is 13.0 Å². The Labute approximate surface area is 157 Å². The molecule has 0 aliphatic heterocycles. The molecule has 0 heterocycles. The van der Waals surface area contributed by atoms with E-state index < -0.39 is 23.8 Å². The van der Waals surface area contributed by atoms with E-state index in [0.717, 1.165) is 24.1 Å². The van der Waals surface area contributed by atoms with Gasteiger partial charge in [0.1, 0.15) is 5.82 Å². The van der Waals surface area contributed by atoms with Gasteiger partial charge < -0.3 is 10.1 Å². The van der Waals surface area contributed by atoms with Crippen molar-refractivity contribution >= 4 is 23.5 Å². The van der Waals surface area contributed by atoms with E-state index in [2.05, 4.69) is 5.32 Å². The average Bonchev–Trinajstić information content (AvgIpc) is 2.62. The number of ether oxygens (including phenoxy) is 1. The third kappa shape index (κ3) is 5.30. The van der Waals surface area contributed by atoms with Gasteiger partial charge in [0.25, 0.3) is 5.91 Å². The summed E-state index contributed by atoms with van der Waals surface area (Å²) in [6.45, 7) is 3.97. The predicted molar refractivity (Wildman–Crippen MR) is 98.8 cm³/mol. The second-order valence-corrected chi connectivity index (χ2v) is 6.34. The summed E-state index contributed by atoms with van der Waals surface area (Å²) in [5.74, 6) is -1.54. The van der Waals surface area contributed by atoms with Gasteiger partial charge in [0, 0.05) is 12.5 Å². The van der Waals surface area contributed by atoms with Crippen molar-refractivity contribution < 1.29 is 18.7 Å². The van der Waals surface area contributed by atoms with Gasteiger partial charge in [0.2, 0.25) is 0 Å². The highest BCUT2D eigenvalue weighted by molar-refractivity contribution is 6.33. The lowest BCUT2D eigenvalue weighted by atomic mass is 9.96. The summed E-state index contributed by atoms with van der Waals surface area (Å²) in [4.78, 5) is 24.3. The summed E-state index contributed by atoms with van der Waals surface area (Å²) >= 11 is 5.84. The maximum atomic E-state index is 13.1. The van der Waals surface area contributed by atoms with Gasteiger partial charge >= 0.3 is 5.97 Å². The molecule has 2 aromatic rings. The zero-order valence-electron chi connectivity index (χ0n) is 14.7. The lowest BCUT2D eigenvalue weighted by Gasteiger charge is -2.18. The summed E-state index contributed by atoms with van der Waals surface area (Å²) in [7, 11) is 0. The van der Waals surface area contributed by atoms with E-state index in [0.29, 0.717) is 6.54 Å². The normalized spacial score (nSPS) is 12.9. The van der Waals surface area contributed by atoms with Gasteiger partial charge in [-0.25, -0.2) is 9.18 Å². The smallest absolute Gasteiger partial charge is 0.340 e. The molecule has 2 rings (SSSR count). The minimum absolute atomic E-state index is 0.0171. The Hall–Kier alpha value is -2.40. The molecule has 2 atom stereocenters. The molecular formula is C20H21ClFNO3. The third-order valence-electron chi connectivity index (χ3n) is 4.09. The molecule has 0 bridgehead atoms. The standard InChI is InChI=1S/C20H21ClFNO3/c1-3-14(15-7-5-4-6-8-15)12-23-19(24)13(2)26-20(25)17-10-9-16(22)11-18(17)21/h4-11,13-14H,3,12H2,1-2H3,(H,23,24)/t13-,14+/m1/s1. The fourth-order valence-electron chi connectivity index (χ4n) is 2.52. The van der Waals surface area contributed by atoms with E-state index >= 15 is 0 Å². The summed E-state index contributed by atoms with van der Waals surface area (Å²) in [5, 5.41) is 2.75. The van der Waals surface area contributed by atoms with Crippen LogP contribution in [0.2, 0.25) is 5.02 Å². The van der Waals surface area contributed by atoms with Gasteiger partial charge in [-0.05, 0) is 37.1 Å². The van der Waals surface area contributed by atoms with E-state index in [1.54, 1.807) is 0 Å². The molecule has 2 aromatic carbocycles. The molecule has 0 aromatic heterocycles. The van der Waals surface area contributed by atoms with Gasteiger partial charge in [0.05, 0.1) is 10.6 Å². The van der Waals surface area contributed by atoms with Crippen LogP contribution in [0.25, 0.3) is 0 Å². The Morgan fingerprint density at radius 1 is 1.19 bits per heavy atom. The number of amides is 1. The van der Waals surface area contributed by atoms with Crippen molar-refractivity contribution in [3.63, 3.8) is 0 Å². The maximum Gasteiger partial charge on any atom is 0.340 e. The highest BCUT2D eigenvalue weighted by Gasteiger charge is 2.21. The minimum Gasteiger partial charge on any atom is -0.449 e. The molecule has 6 heteroatoms. The molecule has 0 aliphatic carbocycles. The SMILES string of the molecule is CC[C@@H](CNC(=O)[C@@H](C)OC(=O)c1ccc(F)cc1Cl)c1ccccc1. The largest absolute Gasteiger partial charge is 0.449 e. The molecule has 1 amide bonds. The summed E-state index contributed by atoms with van der Waals surface area (Å²) in [6, 6.07) is 13.2. The Kier molecular flexibility index (Phi) is 7.16. The van der Waals surface area contributed by atoms with Crippen molar-refractivity contribution in [1.82, 2.24) is 5.32 Å². The second kappa shape index (κ2) is 9.34. The van der Waals surface area contributed by atoms with E-state index in [9.17, 15) is 14.0 Å². The molecule has 0 saturated carbocycles. The zero-order valence-corrected chi connectivity index (χ0v) is 15.4. The van der Waals surface area contributed by atoms with Gasteiger partial charge in [-0.2, -0.15) is 0 Å². The topological polar surface area (TPSA) is 55.4 Å². The van der Waals surface area contributed by atoms with Crippen LogP contribution in [0.15, 0.2) is 48.5 Å². The zero-order chi connectivity index (χ0) is 19.1. The molecule has 1 N–H and O–H groups in total. The highest BCUT2D eigenvalue weighted by atomic mass is 35.5. The number of esters is 1. The van der Waals surface area contributed by atoms with E-state index in [1.807, 2.05) is 37.3 Å². The number of carbonyl (C=O) groups excluding carboxylic acids is 2. The molecule has 0 saturated heterocycles. The van der Waals surface area contributed by atoms with Crippen molar-refractivity contribution in [1.29, 1.82) is 0 Å². The molecular weight excluding hydrogens is 357 g/mol. The first-order valence-electron chi connectivity index (χ1n) is 8.41. The Morgan fingerprint density at radius 2 is 1.88 bits per heavy atom. The van der Waals surface area contributed by atoms with Crippen molar-refractivity contribution in [2.24, 2.45) is 0 Å². The summed E-state index contributed by atoms with van der Waals surface area (Å²) in [6.07, 6.45) is -0.124. The van der Waals surface area contributed by atoms with Crippen LogP contribution in [0.3, 0.4) is 0 Å². The molecule has 0 fully saturated rings. The minimum atomic E-state index is -0.989. The monoisotopic (exact) mass is 377 g/mol. The number of nitrogens with one attached hydrogen (secondary N) is 1. The Bertz CT molecular complexity index is 767. The molecule has 0 unspecified atom stereocenters. The van der Waals surface area contributed by atoms with Gasteiger partial charge in [-0.3, -0.25) is 4.79 Å². The molecule has 26 heavy (non-hydrogen) atoms. The van der Waals surface area contributed by atoms with Crippen LogP contribution < -0.4 is 5.32 Å². The van der Waals surface area contributed by atoms with Crippen molar-refractivity contribution in [3.8, 4) is 0 Å². The quantitative estimate of drug-likeness (QED) is 0.730. The van der Waals surface area contributed by atoms with Crippen LogP contribution in [0, 0.1) is 5.82 Å². The molecule has 4 nitrogen and oxygen atoms in total. The molecule has 0 aliphatic rings. The Balaban J connectivity index is 1.91. The summed E-state index contributed by atoms with van der Waals surface area (Å²) < 4.78 is 18.2. The first kappa shape index (κ1) is 19.9. The van der Waals surface area contributed by atoms with E-state index in [4.69, 9.17) is 16.3 Å². The lowest BCUT2D eigenvalue weighted by molar-refractivity contribution is -0.129. The average molecular weight is 378 g/mol. The fraction of sp³-hybridized carbons (Fsp3) is 0.300. The number of hydrogen-bond acceptors (Lipinski definition) is 3. The first-order valence-corrected chi connectivity index (χ1v) is 8.78. The number of hydrogen-bond donors (Lipinski definition) is 1. The van der Waals surface area contributed by atoms with Gasteiger partial charge in [-0.1, -0.05) is 48.9 Å². The third-order valence-corrected chi connectivity index (χ3v) is 4.40. The number of carbonyl (C=O) groups is 2. The predicted octanol–water partition coefficient (Wildman–Crippen LogP) is 4.33. The maximum absolute atomic E-state index is 13.1. The Morgan fingerprint density at radius 3 is 2.50 bits per heavy atom. The van der Waals surface area contributed by atoms with Crippen LogP contribution in [0.5, 0.6) is 0 Å². The summed E-state index contributed by atoms with van der Waals surface area (Å²) in [5.41, 5.74) is 1.15. The van der Waals surface area contributed by atoms with Crippen LogP contribution in [-0.4, -0.2) is 24.5 Å². The van der Waals surface area contributed by atoms with E-state index in [-0.39, 0.29) is 16.5 Å². The molecule has 138 valence electrons. The van der Waals surface area contributed by atoms with Crippen LogP contribution in [-0.2, 0) is 9.53 Å². The first-order chi connectivity index (χ1) is 12.4. The van der Waals surface area contributed by atoms with Crippen LogP contribution >= 0.6 is 11.6 Å². The fourth-order valence-corrected chi connectivity index (χ4v) is 2.77. The highest BCUT2D eigenvalue weighted by Crippen LogP contribution is 2.20. The van der Waals surface area contributed by atoms with Gasteiger partial charge in [-0.15, -0.1) is 0 Å². The van der Waals surface area contributed by atoms with Crippen molar-refractivity contribution in [2.45, 2.75) is 32.3 Å². The number of benzene rings is 2. The lowest BCUT2D eigenvalue weighted by Crippen LogP contribution is -2.38. The molecule has 0 radical (unpaired) electrons. The molecule has 0 spiro atoms.